The van der Waals surface area contributed by atoms with Crippen molar-refractivity contribution < 1.29 is 16.5 Å². The topological polar surface area (TPSA) is 52.0 Å². The van der Waals surface area contributed by atoms with E-state index in [1.165, 1.54) is 0 Å². The Balaban J connectivity index is -0.000000153. The van der Waals surface area contributed by atoms with Crippen LogP contribution in [0.4, 0.5) is 0 Å². The summed E-state index contributed by atoms with van der Waals surface area (Å²) < 4.78 is 0. The Kier molecular flexibility index (Phi) is 17.6. The van der Waals surface area contributed by atoms with Crippen LogP contribution in [0.3, 0.4) is 0 Å². The van der Waals surface area contributed by atoms with Gasteiger partial charge in [0.15, 0.2) is 0 Å². The Hall–Kier alpha value is 1.62. The molecule has 0 fully saturated rings. The van der Waals surface area contributed by atoms with Crippen molar-refractivity contribution in [1.82, 2.24) is 0 Å². The molecule has 0 unspecified atom stereocenters. The van der Waals surface area contributed by atoms with E-state index in [0.717, 1.165) is 12.3 Å². The van der Waals surface area contributed by atoms with Crippen LogP contribution in [-0.4, -0.2) is 28.5 Å². The van der Waals surface area contributed by atoms with Gasteiger partial charge in [-0.3, -0.25) is 0 Å². The van der Waals surface area contributed by atoms with Gasteiger partial charge in [0.2, 0.25) is 0 Å². The van der Waals surface area contributed by atoms with Crippen molar-refractivity contribution in [3.05, 3.63) is 0 Å². The third-order valence-corrected chi connectivity index (χ3v) is 3.67. The van der Waals surface area contributed by atoms with E-state index in [1.54, 1.807) is 0 Å². The molecular formula is C8H26Cl2N2PtSi2. The molecule has 0 radical (unpaired) electrons. The van der Waals surface area contributed by atoms with Crippen molar-refractivity contribution >= 4 is 35.0 Å². The van der Waals surface area contributed by atoms with Gasteiger partial charge in [-0.1, -0.05) is 39.3 Å². The zero-order valence-corrected chi connectivity index (χ0v) is 16.4. The fourth-order valence-corrected chi connectivity index (χ4v) is 0. The molecule has 0 heterocycles. The first-order valence-electron chi connectivity index (χ1n) is 4.76. The molecule has 0 amide bonds. The Morgan fingerprint density at radius 3 is 0.867 bits per heavy atom. The van der Waals surface area contributed by atoms with Gasteiger partial charge in [-0.05, 0) is 12.3 Å². The Morgan fingerprint density at radius 1 is 0.800 bits per heavy atom. The van der Waals surface area contributed by atoms with Crippen molar-refractivity contribution in [2.24, 2.45) is 11.5 Å². The SMILES string of the molecule is C[Si](C)(C)CN.C[Si](C)(C)CN.[Cl][Pt][Cl]. The molecule has 0 atom stereocenters. The summed E-state index contributed by atoms with van der Waals surface area (Å²) in [5, 5.41) is 0. The summed E-state index contributed by atoms with van der Waals surface area (Å²) >= 11 is -0.472. The quantitative estimate of drug-likeness (QED) is 0.608. The van der Waals surface area contributed by atoms with Gasteiger partial charge in [-0.25, -0.2) is 0 Å². The van der Waals surface area contributed by atoms with Crippen molar-refractivity contribution in [2.45, 2.75) is 39.3 Å². The third-order valence-electron chi connectivity index (χ3n) is 1.22. The normalized spacial score (nSPS) is 11.1. The van der Waals surface area contributed by atoms with Crippen LogP contribution in [0.1, 0.15) is 0 Å². The number of rotatable bonds is 2. The van der Waals surface area contributed by atoms with E-state index in [9.17, 15) is 0 Å². The molecule has 0 aliphatic heterocycles. The zero-order chi connectivity index (χ0) is 13.1. The van der Waals surface area contributed by atoms with Crippen molar-refractivity contribution in [3.63, 3.8) is 0 Å². The maximum atomic E-state index is 5.37. The molecule has 0 bridgehead atoms. The van der Waals surface area contributed by atoms with E-state index in [-0.39, 0.29) is 0 Å². The summed E-state index contributed by atoms with van der Waals surface area (Å²) in [6, 6.07) is 0. The fraction of sp³-hybridized carbons (Fsp3) is 1.00. The van der Waals surface area contributed by atoms with Crippen LogP contribution in [0.15, 0.2) is 0 Å². The Morgan fingerprint density at radius 2 is 0.867 bits per heavy atom. The summed E-state index contributed by atoms with van der Waals surface area (Å²) in [5.74, 6) is 0. The second kappa shape index (κ2) is 12.1. The number of nitrogens with two attached hydrogens (primary N) is 2. The molecule has 7 heteroatoms. The fourth-order valence-electron chi connectivity index (χ4n) is 0. The average Bonchev–Trinajstić information content (AvgIpc) is 2.04. The van der Waals surface area contributed by atoms with Crippen molar-refractivity contribution in [3.8, 4) is 0 Å². The predicted octanol–water partition coefficient (Wildman–Crippen LogP) is 3.02. The van der Waals surface area contributed by atoms with Crippen LogP contribution in [-0.2, 0) is 16.5 Å². The van der Waals surface area contributed by atoms with Crippen LogP contribution < -0.4 is 11.5 Å². The molecule has 15 heavy (non-hydrogen) atoms. The Labute approximate surface area is 114 Å². The van der Waals surface area contributed by atoms with Crippen LogP contribution in [0.25, 0.3) is 0 Å². The molecular weight excluding hydrogens is 446 g/mol. The molecule has 100 valence electrons. The molecule has 4 N–H and O–H groups in total. The first kappa shape index (κ1) is 21.9. The molecule has 2 nitrogen and oxygen atoms in total. The average molecular weight is 472 g/mol. The van der Waals surface area contributed by atoms with E-state index in [2.05, 4.69) is 39.3 Å². The summed E-state index contributed by atoms with van der Waals surface area (Å²) in [7, 11) is 8.04. The van der Waals surface area contributed by atoms with Crippen LogP contribution in [0.5, 0.6) is 0 Å². The third kappa shape index (κ3) is 49.9. The summed E-state index contributed by atoms with van der Waals surface area (Å²) in [6.07, 6.45) is 1.82. The predicted molar refractivity (Wildman–Crippen MR) is 76.5 cm³/mol. The first-order valence-corrected chi connectivity index (χ1v) is 17.8. The monoisotopic (exact) mass is 471 g/mol. The van der Waals surface area contributed by atoms with E-state index in [0.29, 0.717) is 0 Å². The molecule has 0 saturated heterocycles. The van der Waals surface area contributed by atoms with Gasteiger partial charge < -0.3 is 11.5 Å². The van der Waals surface area contributed by atoms with Crippen LogP contribution >= 0.6 is 18.8 Å². The van der Waals surface area contributed by atoms with Gasteiger partial charge in [-0.15, -0.1) is 0 Å². The van der Waals surface area contributed by atoms with Crippen molar-refractivity contribution in [2.75, 3.05) is 12.3 Å². The molecule has 0 aromatic carbocycles. The summed E-state index contributed by atoms with van der Waals surface area (Å²) in [4.78, 5) is 0. The van der Waals surface area contributed by atoms with Crippen LogP contribution in [0.2, 0.25) is 39.3 Å². The Bertz CT molecular complexity index is 113. The number of hydrogen-bond acceptors (Lipinski definition) is 2. The summed E-state index contributed by atoms with van der Waals surface area (Å²) in [6.45, 7) is 13.5. The van der Waals surface area contributed by atoms with Crippen LogP contribution in [0, 0.1) is 0 Å². The number of halogens is 2. The molecule has 0 aliphatic carbocycles. The minimum atomic E-state index is -0.853. The molecule has 0 aromatic heterocycles. The van der Waals surface area contributed by atoms with Gasteiger partial charge in [0.05, 0.1) is 16.1 Å². The molecule has 0 aromatic rings. The second-order valence-electron chi connectivity index (χ2n) is 5.57. The standard InChI is InChI=1S/2C4H13NSi.2ClH.Pt/c2*1-6(2,3)4-5;;;/h2*4-5H2,1-3H3;2*1H;/q;;;;+2/p-2. The van der Waals surface area contributed by atoms with E-state index in [4.69, 9.17) is 30.3 Å². The van der Waals surface area contributed by atoms with E-state index >= 15 is 0 Å². The minimum absolute atomic E-state index is 0.472. The summed E-state index contributed by atoms with van der Waals surface area (Å²) in [5.41, 5.74) is 10.7. The molecule has 0 saturated carbocycles. The van der Waals surface area contributed by atoms with Gasteiger partial charge in [0, 0.05) is 0 Å². The second-order valence-corrected chi connectivity index (χ2v) is 19.9. The van der Waals surface area contributed by atoms with E-state index in [1.807, 2.05) is 0 Å². The zero-order valence-electron chi connectivity index (χ0n) is 10.6. The molecule has 0 spiro atoms. The van der Waals surface area contributed by atoms with Gasteiger partial charge >= 0.3 is 35.3 Å². The van der Waals surface area contributed by atoms with Crippen molar-refractivity contribution in [1.29, 1.82) is 0 Å². The van der Waals surface area contributed by atoms with Gasteiger partial charge in [0.25, 0.3) is 0 Å². The van der Waals surface area contributed by atoms with E-state index < -0.39 is 32.6 Å². The van der Waals surface area contributed by atoms with Gasteiger partial charge in [0.1, 0.15) is 0 Å². The molecule has 0 rings (SSSR count). The molecule has 0 aliphatic rings. The van der Waals surface area contributed by atoms with Gasteiger partial charge in [-0.2, -0.15) is 0 Å². The number of hydrogen-bond donors (Lipinski definition) is 2. The maximum absolute atomic E-state index is 5.37. The first-order chi connectivity index (χ1) is 6.54.